The molecule has 4 nitrogen and oxygen atoms in total. The normalized spacial score (nSPS) is 10.7. The van der Waals surface area contributed by atoms with E-state index in [1.165, 1.54) is 0 Å². The number of carbonyl (C=O) groups is 2. The zero-order valence-electron chi connectivity index (χ0n) is 14.3. The third kappa shape index (κ3) is 4.44. The van der Waals surface area contributed by atoms with Crippen molar-refractivity contribution in [3.05, 3.63) is 64.7 Å². The van der Waals surface area contributed by atoms with E-state index in [4.69, 9.17) is 5.11 Å². The average Bonchev–Trinajstić information content (AvgIpc) is 2.55. The highest BCUT2D eigenvalue weighted by atomic mass is 16.4. The van der Waals surface area contributed by atoms with Gasteiger partial charge >= 0.3 is 5.97 Å². The number of para-hydroxylation sites is 1. The summed E-state index contributed by atoms with van der Waals surface area (Å²) in [5, 5.41) is 11.9. The highest BCUT2D eigenvalue weighted by Gasteiger charge is 2.12. The molecule has 0 heterocycles. The molecule has 0 aromatic heterocycles. The predicted octanol–water partition coefficient (Wildman–Crippen LogP) is 4.39. The van der Waals surface area contributed by atoms with Crippen molar-refractivity contribution in [2.75, 3.05) is 5.32 Å². The molecule has 126 valence electrons. The summed E-state index contributed by atoms with van der Waals surface area (Å²) in [6, 6.07) is 12.7. The Bertz CT molecular complexity index is 733. The number of carbonyl (C=O) groups excluding carboxylic acids is 1. The Morgan fingerprint density at radius 1 is 1.08 bits per heavy atom. The van der Waals surface area contributed by atoms with Crippen LogP contribution in [0.5, 0.6) is 0 Å². The molecule has 0 fully saturated rings. The van der Waals surface area contributed by atoms with E-state index in [1.54, 1.807) is 24.3 Å². The van der Waals surface area contributed by atoms with Gasteiger partial charge in [-0.05, 0) is 48.1 Å². The van der Waals surface area contributed by atoms with Gasteiger partial charge in [0, 0.05) is 12.1 Å². The van der Waals surface area contributed by atoms with Crippen LogP contribution in [-0.2, 0) is 11.2 Å². The number of hydrogen-bond donors (Lipinski definition) is 2. The van der Waals surface area contributed by atoms with Gasteiger partial charge in [0.1, 0.15) is 0 Å². The molecule has 2 rings (SSSR count). The van der Waals surface area contributed by atoms with E-state index in [0.29, 0.717) is 18.8 Å². The zero-order valence-corrected chi connectivity index (χ0v) is 14.3. The molecule has 0 spiro atoms. The fraction of sp³-hybridized carbons (Fsp3) is 0.300. The van der Waals surface area contributed by atoms with Crippen LogP contribution >= 0.6 is 0 Å². The second-order valence-electron chi connectivity index (χ2n) is 6.24. The van der Waals surface area contributed by atoms with Gasteiger partial charge in [-0.25, -0.2) is 4.79 Å². The number of carboxylic acids is 1. The molecule has 0 aliphatic carbocycles. The summed E-state index contributed by atoms with van der Waals surface area (Å²) in [6.45, 7) is 6.20. The number of aryl methyl sites for hydroxylation is 2. The number of nitrogens with one attached hydrogen (secondary N) is 1. The molecule has 2 aromatic carbocycles. The van der Waals surface area contributed by atoms with Crippen molar-refractivity contribution in [2.45, 2.75) is 39.5 Å². The van der Waals surface area contributed by atoms with Gasteiger partial charge in [0.15, 0.2) is 0 Å². The summed E-state index contributed by atoms with van der Waals surface area (Å²) in [5.41, 5.74) is 4.29. The highest BCUT2D eigenvalue weighted by molar-refractivity contribution is 5.92. The Labute approximate surface area is 142 Å². The van der Waals surface area contributed by atoms with E-state index in [2.05, 4.69) is 19.2 Å². The predicted molar refractivity (Wildman–Crippen MR) is 95.6 cm³/mol. The van der Waals surface area contributed by atoms with E-state index in [0.717, 1.165) is 22.4 Å². The first kappa shape index (κ1) is 17.7. The molecule has 2 N–H and O–H groups in total. The van der Waals surface area contributed by atoms with Gasteiger partial charge in [0.25, 0.3) is 0 Å². The Hall–Kier alpha value is -2.62. The Kier molecular flexibility index (Phi) is 5.74. The summed E-state index contributed by atoms with van der Waals surface area (Å²) in [6.07, 6.45) is 0.937. The van der Waals surface area contributed by atoms with Crippen molar-refractivity contribution in [3.63, 3.8) is 0 Å². The minimum absolute atomic E-state index is 0.0338. The molecule has 0 saturated heterocycles. The lowest BCUT2D eigenvalue weighted by Crippen LogP contribution is -2.15. The SMILES string of the molecule is Cc1cccc(C(C)C)c1NC(=O)CCc1ccc(C(=O)O)cc1. The molecule has 1 amide bonds. The minimum Gasteiger partial charge on any atom is -0.478 e. The van der Waals surface area contributed by atoms with Gasteiger partial charge in [-0.15, -0.1) is 0 Å². The van der Waals surface area contributed by atoms with E-state index < -0.39 is 5.97 Å². The maximum absolute atomic E-state index is 12.3. The van der Waals surface area contributed by atoms with Gasteiger partial charge in [-0.1, -0.05) is 44.2 Å². The summed E-state index contributed by atoms with van der Waals surface area (Å²) < 4.78 is 0. The Balaban J connectivity index is 2.00. The molecule has 2 aromatic rings. The molecule has 0 unspecified atom stereocenters. The van der Waals surface area contributed by atoms with Crippen LogP contribution in [0.2, 0.25) is 0 Å². The third-order valence-electron chi connectivity index (χ3n) is 4.03. The van der Waals surface area contributed by atoms with Crippen LogP contribution in [0.15, 0.2) is 42.5 Å². The van der Waals surface area contributed by atoms with Crippen LogP contribution < -0.4 is 5.32 Å². The topological polar surface area (TPSA) is 66.4 Å². The first-order chi connectivity index (χ1) is 11.4. The molecule has 0 atom stereocenters. The number of anilines is 1. The average molecular weight is 325 g/mol. The van der Waals surface area contributed by atoms with E-state index >= 15 is 0 Å². The maximum atomic E-state index is 12.3. The van der Waals surface area contributed by atoms with Crippen molar-refractivity contribution in [1.29, 1.82) is 0 Å². The van der Waals surface area contributed by atoms with Crippen molar-refractivity contribution >= 4 is 17.6 Å². The van der Waals surface area contributed by atoms with Gasteiger partial charge < -0.3 is 10.4 Å². The summed E-state index contributed by atoms with van der Waals surface area (Å²) in [7, 11) is 0. The van der Waals surface area contributed by atoms with Crippen LogP contribution in [0.3, 0.4) is 0 Å². The maximum Gasteiger partial charge on any atom is 0.335 e. The standard InChI is InChI=1S/C20H23NO3/c1-13(2)17-6-4-5-14(3)19(17)21-18(22)12-9-15-7-10-16(11-8-15)20(23)24/h4-8,10-11,13H,9,12H2,1-3H3,(H,21,22)(H,23,24). The van der Waals surface area contributed by atoms with Crippen molar-refractivity contribution in [2.24, 2.45) is 0 Å². The molecule has 0 radical (unpaired) electrons. The first-order valence-corrected chi connectivity index (χ1v) is 8.10. The van der Waals surface area contributed by atoms with E-state index in [9.17, 15) is 9.59 Å². The van der Waals surface area contributed by atoms with Gasteiger partial charge in [0.2, 0.25) is 5.91 Å². The second-order valence-corrected chi connectivity index (χ2v) is 6.24. The number of benzene rings is 2. The molecule has 0 bridgehead atoms. The zero-order chi connectivity index (χ0) is 17.7. The van der Waals surface area contributed by atoms with Crippen LogP contribution in [0, 0.1) is 6.92 Å². The monoisotopic (exact) mass is 325 g/mol. The van der Waals surface area contributed by atoms with Crippen molar-refractivity contribution in [3.8, 4) is 0 Å². The summed E-state index contributed by atoms with van der Waals surface area (Å²) in [4.78, 5) is 23.1. The molecule has 0 saturated carbocycles. The van der Waals surface area contributed by atoms with Gasteiger partial charge in [0.05, 0.1) is 5.56 Å². The second kappa shape index (κ2) is 7.77. The van der Waals surface area contributed by atoms with Crippen LogP contribution in [0.25, 0.3) is 0 Å². The first-order valence-electron chi connectivity index (χ1n) is 8.10. The van der Waals surface area contributed by atoms with Crippen molar-refractivity contribution < 1.29 is 14.7 Å². The lowest BCUT2D eigenvalue weighted by Gasteiger charge is -2.16. The third-order valence-corrected chi connectivity index (χ3v) is 4.03. The minimum atomic E-state index is -0.944. The molecular weight excluding hydrogens is 302 g/mol. The number of carboxylic acid groups (broad SMARTS) is 1. The molecule has 0 aliphatic heterocycles. The quantitative estimate of drug-likeness (QED) is 0.828. The van der Waals surface area contributed by atoms with Crippen LogP contribution in [0.1, 0.15) is 53.2 Å². The Morgan fingerprint density at radius 3 is 2.33 bits per heavy atom. The lowest BCUT2D eigenvalue weighted by atomic mass is 9.98. The molecule has 4 heteroatoms. The van der Waals surface area contributed by atoms with Gasteiger partial charge in [-0.2, -0.15) is 0 Å². The van der Waals surface area contributed by atoms with Crippen LogP contribution in [-0.4, -0.2) is 17.0 Å². The molecular formula is C20H23NO3. The van der Waals surface area contributed by atoms with Gasteiger partial charge in [-0.3, -0.25) is 4.79 Å². The fourth-order valence-corrected chi connectivity index (χ4v) is 2.62. The number of rotatable bonds is 6. The van der Waals surface area contributed by atoms with E-state index in [1.807, 2.05) is 25.1 Å². The number of aromatic carboxylic acids is 1. The largest absolute Gasteiger partial charge is 0.478 e. The number of hydrogen-bond acceptors (Lipinski definition) is 2. The summed E-state index contributed by atoms with van der Waals surface area (Å²) >= 11 is 0. The molecule has 24 heavy (non-hydrogen) atoms. The van der Waals surface area contributed by atoms with Crippen molar-refractivity contribution in [1.82, 2.24) is 0 Å². The van der Waals surface area contributed by atoms with Crippen LogP contribution in [0.4, 0.5) is 5.69 Å². The Morgan fingerprint density at radius 2 is 1.75 bits per heavy atom. The molecule has 0 aliphatic rings. The summed E-state index contributed by atoms with van der Waals surface area (Å²) in [5.74, 6) is -0.641. The fourth-order valence-electron chi connectivity index (χ4n) is 2.62. The highest BCUT2D eigenvalue weighted by Crippen LogP contribution is 2.27. The van der Waals surface area contributed by atoms with E-state index in [-0.39, 0.29) is 11.5 Å². The lowest BCUT2D eigenvalue weighted by molar-refractivity contribution is -0.116. The smallest absolute Gasteiger partial charge is 0.335 e. The number of amides is 1.